The summed E-state index contributed by atoms with van der Waals surface area (Å²) in [5.41, 5.74) is 3.14. The smallest absolute Gasteiger partial charge is 0.274 e. The average molecular weight is 378 g/mol. The Morgan fingerprint density at radius 3 is 2.18 bits per heavy atom. The summed E-state index contributed by atoms with van der Waals surface area (Å²) in [7, 11) is 0. The molecular weight excluding hydrogens is 359 g/mol. The molecule has 142 valence electrons. The SMILES string of the molecule is CC(=O)Nc1ccc(NC(=O)c2cc(NCc3ccc(F)cc3)ccn2)cc1. The zero-order valence-electron chi connectivity index (χ0n) is 15.2. The minimum Gasteiger partial charge on any atom is -0.381 e. The Labute approximate surface area is 161 Å². The van der Waals surface area contributed by atoms with Crippen molar-refractivity contribution in [1.29, 1.82) is 0 Å². The third-order valence-electron chi connectivity index (χ3n) is 3.87. The van der Waals surface area contributed by atoms with E-state index in [1.54, 1.807) is 54.7 Å². The van der Waals surface area contributed by atoms with Crippen molar-refractivity contribution in [3.8, 4) is 0 Å². The van der Waals surface area contributed by atoms with Gasteiger partial charge < -0.3 is 16.0 Å². The molecule has 1 aromatic heterocycles. The first-order valence-electron chi connectivity index (χ1n) is 8.63. The van der Waals surface area contributed by atoms with Gasteiger partial charge in [-0.2, -0.15) is 0 Å². The van der Waals surface area contributed by atoms with E-state index in [0.717, 1.165) is 11.3 Å². The largest absolute Gasteiger partial charge is 0.381 e. The summed E-state index contributed by atoms with van der Waals surface area (Å²) in [6, 6.07) is 16.4. The Kier molecular flexibility index (Phi) is 5.96. The first kappa shape index (κ1) is 19.0. The number of hydrogen-bond acceptors (Lipinski definition) is 4. The van der Waals surface area contributed by atoms with E-state index in [2.05, 4.69) is 20.9 Å². The van der Waals surface area contributed by atoms with Gasteiger partial charge in [-0.05, 0) is 54.1 Å². The highest BCUT2D eigenvalue weighted by Gasteiger charge is 2.09. The molecule has 7 heteroatoms. The Balaban J connectivity index is 1.61. The number of pyridine rings is 1. The van der Waals surface area contributed by atoms with E-state index in [0.29, 0.717) is 17.9 Å². The highest BCUT2D eigenvalue weighted by Crippen LogP contribution is 2.16. The minimum absolute atomic E-state index is 0.161. The summed E-state index contributed by atoms with van der Waals surface area (Å²) in [6.07, 6.45) is 1.54. The number of halogens is 1. The molecule has 1 heterocycles. The summed E-state index contributed by atoms with van der Waals surface area (Å²) < 4.78 is 13.0. The highest BCUT2D eigenvalue weighted by molar-refractivity contribution is 6.03. The van der Waals surface area contributed by atoms with E-state index >= 15 is 0 Å². The van der Waals surface area contributed by atoms with Crippen molar-refractivity contribution < 1.29 is 14.0 Å². The topological polar surface area (TPSA) is 83.1 Å². The second-order valence-corrected chi connectivity index (χ2v) is 6.12. The maximum absolute atomic E-state index is 13.0. The van der Waals surface area contributed by atoms with Gasteiger partial charge in [0.1, 0.15) is 11.5 Å². The number of carbonyl (C=O) groups excluding carboxylic acids is 2. The molecule has 0 atom stereocenters. The molecule has 3 rings (SSSR count). The summed E-state index contributed by atoms with van der Waals surface area (Å²) in [4.78, 5) is 27.6. The minimum atomic E-state index is -0.349. The van der Waals surface area contributed by atoms with Crippen LogP contribution in [0.15, 0.2) is 66.9 Å². The molecule has 2 aromatic carbocycles. The molecule has 0 bridgehead atoms. The number of hydrogen-bond donors (Lipinski definition) is 3. The van der Waals surface area contributed by atoms with Crippen molar-refractivity contribution in [2.75, 3.05) is 16.0 Å². The van der Waals surface area contributed by atoms with Crippen LogP contribution in [0.2, 0.25) is 0 Å². The number of amides is 2. The van der Waals surface area contributed by atoms with Gasteiger partial charge in [0.25, 0.3) is 5.91 Å². The lowest BCUT2D eigenvalue weighted by molar-refractivity contribution is -0.114. The lowest BCUT2D eigenvalue weighted by Crippen LogP contribution is -2.14. The predicted octanol–water partition coefficient (Wildman–Crippen LogP) is 4.04. The van der Waals surface area contributed by atoms with Crippen LogP contribution in [-0.4, -0.2) is 16.8 Å². The second-order valence-electron chi connectivity index (χ2n) is 6.12. The van der Waals surface area contributed by atoms with E-state index in [1.807, 2.05) is 0 Å². The van der Waals surface area contributed by atoms with E-state index in [4.69, 9.17) is 0 Å². The fraction of sp³-hybridized carbons (Fsp3) is 0.0952. The van der Waals surface area contributed by atoms with Crippen LogP contribution in [-0.2, 0) is 11.3 Å². The molecule has 28 heavy (non-hydrogen) atoms. The van der Waals surface area contributed by atoms with Gasteiger partial charge in [-0.15, -0.1) is 0 Å². The average Bonchev–Trinajstić information content (AvgIpc) is 2.69. The Morgan fingerprint density at radius 2 is 1.54 bits per heavy atom. The van der Waals surface area contributed by atoms with Gasteiger partial charge in [0, 0.05) is 36.7 Å². The zero-order valence-corrected chi connectivity index (χ0v) is 15.2. The maximum atomic E-state index is 13.0. The van der Waals surface area contributed by atoms with Crippen LogP contribution in [0.3, 0.4) is 0 Å². The molecule has 0 aliphatic carbocycles. The summed E-state index contributed by atoms with van der Waals surface area (Å²) in [5.74, 6) is -0.791. The van der Waals surface area contributed by atoms with Gasteiger partial charge in [0.05, 0.1) is 0 Å². The number of anilines is 3. The van der Waals surface area contributed by atoms with Crippen LogP contribution >= 0.6 is 0 Å². The lowest BCUT2D eigenvalue weighted by Gasteiger charge is -2.09. The number of carbonyl (C=O) groups is 2. The predicted molar refractivity (Wildman–Crippen MR) is 107 cm³/mol. The van der Waals surface area contributed by atoms with Gasteiger partial charge in [0.2, 0.25) is 5.91 Å². The maximum Gasteiger partial charge on any atom is 0.274 e. The van der Waals surface area contributed by atoms with Gasteiger partial charge in [-0.3, -0.25) is 14.6 Å². The van der Waals surface area contributed by atoms with Crippen LogP contribution in [0, 0.1) is 5.82 Å². The Bertz CT molecular complexity index is 972. The molecule has 3 N–H and O–H groups in total. The van der Waals surface area contributed by atoms with Crippen molar-refractivity contribution in [2.24, 2.45) is 0 Å². The second kappa shape index (κ2) is 8.77. The quantitative estimate of drug-likeness (QED) is 0.604. The molecule has 0 spiro atoms. The van der Waals surface area contributed by atoms with Gasteiger partial charge in [-0.25, -0.2) is 4.39 Å². The van der Waals surface area contributed by atoms with Gasteiger partial charge >= 0.3 is 0 Å². The van der Waals surface area contributed by atoms with E-state index in [1.165, 1.54) is 19.1 Å². The number of rotatable bonds is 6. The summed E-state index contributed by atoms with van der Waals surface area (Å²) in [6.45, 7) is 1.93. The number of nitrogens with zero attached hydrogens (tertiary/aromatic N) is 1. The van der Waals surface area contributed by atoms with Crippen molar-refractivity contribution in [1.82, 2.24) is 4.98 Å². The van der Waals surface area contributed by atoms with Crippen molar-refractivity contribution in [3.05, 3.63) is 83.9 Å². The lowest BCUT2D eigenvalue weighted by atomic mass is 10.2. The first-order chi connectivity index (χ1) is 13.5. The first-order valence-corrected chi connectivity index (χ1v) is 8.63. The van der Waals surface area contributed by atoms with Crippen molar-refractivity contribution in [3.63, 3.8) is 0 Å². The molecule has 2 amide bonds. The van der Waals surface area contributed by atoms with Gasteiger partial charge in [0.15, 0.2) is 0 Å². The van der Waals surface area contributed by atoms with Crippen LogP contribution in [0.1, 0.15) is 23.0 Å². The molecule has 0 saturated carbocycles. The van der Waals surface area contributed by atoms with Crippen molar-refractivity contribution >= 4 is 28.9 Å². The van der Waals surface area contributed by atoms with Crippen LogP contribution in [0.25, 0.3) is 0 Å². The molecule has 0 unspecified atom stereocenters. The Morgan fingerprint density at radius 1 is 0.893 bits per heavy atom. The zero-order chi connectivity index (χ0) is 19.9. The third-order valence-corrected chi connectivity index (χ3v) is 3.87. The highest BCUT2D eigenvalue weighted by atomic mass is 19.1. The van der Waals surface area contributed by atoms with Crippen LogP contribution in [0.4, 0.5) is 21.5 Å². The molecule has 0 aliphatic rings. The molecule has 0 fully saturated rings. The summed E-state index contributed by atoms with van der Waals surface area (Å²) in [5, 5.41) is 8.61. The fourth-order valence-corrected chi connectivity index (χ4v) is 2.51. The van der Waals surface area contributed by atoms with Crippen molar-refractivity contribution in [2.45, 2.75) is 13.5 Å². The van der Waals surface area contributed by atoms with Crippen LogP contribution < -0.4 is 16.0 Å². The number of nitrogens with one attached hydrogen (secondary N) is 3. The number of benzene rings is 2. The number of aromatic nitrogens is 1. The van der Waals surface area contributed by atoms with E-state index in [-0.39, 0.29) is 23.3 Å². The van der Waals surface area contributed by atoms with E-state index in [9.17, 15) is 14.0 Å². The fourth-order valence-electron chi connectivity index (χ4n) is 2.51. The molecule has 0 aliphatic heterocycles. The normalized spacial score (nSPS) is 10.2. The molecule has 0 saturated heterocycles. The standard InChI is InChI=1S/C21H19FN4O2/c1-14(27)25-17-6-8-18(9-7-17)26-21(28)20-12-19(10-11-23-20)24-13-15-2-4-16(22)5-3-15/h2-12H,13H2,1H3,(H,23,24)(H,25,27)(H,26,28). The molecular formula is C21H19FN4O2. The monoisotopic (exact) mass is 378 g/mol. The summed E-state index contributed by atoms with van der Waals surface area (Å²) >= 11 is 0. The third kappa shape index (κ3) is 5.38. The van der Waals surface area contributed by atoms with E-state index < -0.39 is 0 Å². The molecule has 6 nitrogen and oxygen atoms in total. The molecule has 3 aromatic rings. The Hall–Kier alpha value is -3.74. The molecule has 0 radical (unpaired) electrons. The van der Waals surface area contributed by atoms with Crippen LogP contribution in [0.5, 0.6) is 0 Å². The van der Waals surface area contributed by atoms with Gasteiger partial charge in [-0.1, -0.05) is 12.1 Å².